The Kier molecular flexibility index (Phi) is 4.70. The van der Waals surface area contributed by atoms with Crippen LogP contribution in [-0.2, 0) is 6.42 Å². The molecule has 0 aliphatic rings. The molecule has 0 bridgehead atoms. The van der Waals surface area contributed by atoms with E-state index >= 15 is 0 Å². The Hall–Kier alpha value is -2.37. The van der Waals surface area contributed by atoms with Crippen LogP contribution >= 0.6 is 0 Å². The number of carbonyl (C=O) groups excluding carboxylic acids is 1. The summed E-state index contributed by atoms with van der Waals surface area (Å²) in [6, 6.07) is 3.60. The van der Waals surface area contributed by atoms with Crippen molar-refractivity contribution >= 4 is 17.4 Å². The number of rotatable bonds is 6. The summed E-state index contributed by atoms with van der Waals surface area (Å²) >= 11 is 0. The Morgan fingerprint density at radius 1 is 1.35 bits per heavy atom. The molecule has 2 heterocycles. The van der Waals surface area contributed by atoms with Gasteiger partial charge in [0.05, 0.1) is 11.9 Å². The summed E-state index contributed by atoms with van der Waals surface area (Å²) < 4.78 is 0. The maximum absolute atomic E-state index is 12.2. The van der Waals surface area contributed by atoms with Crippen LogP contribution < -0.4 is 10.6 Å². The van der Waals surface area contributed by atoms with E-state index in [1.165, 1.54) is 0 Å². The molecule has 3 N–H and O–H groups in total. The second kappa shape index (κ2) is 6.70. The lowest BCUT2D eigenvalue weighted by molar-refractivity contribution is 0.102. The lowest BCUT2D eigenvalue weighted by Crippen LogP contribution is -2.13. The second-order valence-corrected chi connectivity index (χ2v) is 4.45. The van der Waals surface area contributed by atoms with Gasteiger partial charge in [-0.3, -0.25) is 9.89 Å². The quantitative estimate of drug-likeness (QED) is 0.755. The molecule has 0 aliphatic heterocycles. The molecule has 6 heteroatoms. The first-order valence-corrected chi connectivity index (χ1v) is 6.78. The minimum atomic E-state index is -0.162. The Morgan fingerprint density at radius 3 is 2.85 bits per heavy atom. The van der Waals surface area contributed by atoms with Crippen molar-refractivity contribution in [3.63, 3.8) is 0 Å². The normalized spacial score (nSPS) is 10.3. The first-order chi connectivity index (χ1) is 9.72. The van der Waals surface area contributed by atoms with Gasteiger partial charge >= 0.3 is 0 Å². The predicted molar refractivity (Wildman–Crippen MR) is 78.9 cm³/mol. The number of hydrogen-bond acceptors (Lipinski definition) is 4. The SMILES string of the molecule is CCCc1cc(C(=O)Nc2cn[nH]c2)cc(NCC)n1. The first-order valence-electron chi connectivity index (χ1n) is 6.78. The van der Waals surface area contributed by atoms with Gasteiger partial charge in [-0.2, -0.15) is 5.10 Å². The fourth-order valence-corrected chi connectivity index (χ4v) is 1.90. The van der Waals surface area contributed by atoms with Gasteiger partial charge < -0.3 is 10.6 Å². The molecule has 6 nitrogen and oxygen atoms in total. The number of nitrogens with one attached hydrogen (secondary N) is 3. The predicted octanol–water partition coefficient (Wildman–Crippen LogP) is 2.44. The molecular weight excluding hydrogens is 254 g/mol. The third kappa shape index (κ3) is 3.57. The van der Waals surface area contributed by atoms with Crippen molar-refractivity contribution < 1.29 is 4.79 Å². The van der Waals surface area contributed by atoms with Crippen LogP contribution in [0.25, 0.3) is 0 Å². The zero-order valence-electron chi connectivity index (χ0n) is 11.7. The zero-order chi connectivity index (χ0) is 14.4. The Labute approximate surface area is 118 Å². The Morgan fingerprint density at radius 2 is 2.20 bits per heavy atom. The van der Waals surface area contributed by atoms with Crippen molar-refractivity contribution in [2.24, 2.45) is 0 Å². The highest BCUT2D eigenvalue weighted by molar-refractivity contribution is 6.04. The van der Waals surface area contributed by atoms with E-state index in [4.69, 9.17) is 0 Å². The van der Waals surface area contributed by atoms with E-state index in [1.54, 1.807) is 18.5 Å². The molecule has 106 valence electrons. The van der Waals surface area contributed by atoms with Gasteiger partial charge in [-0.25, -0.2) is 4.98 Å². The maximum atomic E-state index is 12.2. The number of nitrogens with zero attached hydrogens (tertiary/aromatic N) is 2. The van der Waals surface area contributed by atoms with E-state index in [0.29, 0.717) is 11.3 Å². The molecule has 0 saturated heterocycles. The summed E-state index contributed by atoms with van der Waals surface area (Å²) in [6.45, 7) is 4.86. The number of aromatic nitrogens is 3. The van der Waals surface area contributed by atoms with Crippen LogP contribution in [0.1, 0.15) is 36.3 Å². The topological polar surface area (TPSA) is 82.7 Å². The second-order valence-electron chi connectivity index (χ2n) is 4.45. The number of amides is 1. The molecule has 0 fully saturated rings. The summed E-state index contributed by atoms with van der Waals surface area (Å²) in [5, 5.41) is 12.4. The number of pyridine rings is 1. The zero-order valence-corrected chi connectivity index (χ0v) is 11.7. The molecule has 0 radical (unpaired) electrons. The van der Waals surface area contributed by atoms with Gasteiger partial charge in [-0.05, 0) is 25.5 Å². The number of H-pyrrole nitrogens is 1. The van der Waals surface area contributed by atoms with Crippen LogP contribution in [0, 0.1) is 0 Å². The standard InChI is InChI=1S/C14H19N5O/c1-3-5-11-6-10(7-13(18-11)15-4-2)14(20)19-12-8-16-17-9-12/h6-9H,3-5H2,1-2H3,(H,15,18)(H,16,17)(H,19,20). The van der Waals surface area contributed by atoms with Crippen LogP contribution in [0.2, 0.25) is 0 Å². The lowest BCUT2D eigenvalue weighted by Gasteiger charge is -2.09. The van der Waals surface area contributed by atoms with Crippen LogP contribution in [0.4, 0.5) is 11.5 Å². The first kappa shape index (κ1) is 14.0. The van der Waals surface area contributed by atoms with Crippen molar-refractivity contribution in [1.82, 2.24) is 15.2 Å². The molecule has 1 amide bonds. The fourth-order valence-electron chi connectivity index (χ4n) is 1.90. The van der Waals surface area contributed by atoms with Gasteiger partial charge in [0.1, 0.15) is 5.82 Å². The molecule has 0 saturated carbocycles. The third-order valence-corrected chi connectivity index (χ3v) is 2.76. The molecule has 2 aromatic rings. The molecule has 2 aromatic heterocycles. The van der Waals surface area contributed by atoms with Crippen molar-refractivity contribution in [3.05, 3.63) is 35.8 Å². The van der Waals surface area contributed by atoms with E-state index < -0.39 is 0 Å². The van der Waals surface area contributed by atoms with E-state index in [2.05, 4.69) is 32.7 Å². The van der Waals surface area contributed by atoms with Gasteiger partial charge in [0.2, 0.25) is 0 Å². The number of anilines is 2. The number of hydrogen-bond donors (Lipinski definition) is 3. The van der Waals surface area contributed by atoms with Crippen LogP contribution in [0.3, 0.4) is 0 Å². The molecule has 20 heavy (non-hydrogen) atoms. The fraction of sp³-hybridized carbons (Fsp3) is 0.357. The minimum Gasteiger partial charge on any atom is -0.370 e. The molecule has 0 aliphatic carbocycles. The summed E-state index contributed by atoms with van der Waals surface area (Å²) in [5.41, 5.74) is 2.16. The van der Waals surface area contributed by atoms with Crippen molar-refractivity contribution in [2.45, 2.75) is 26.7 Å². The van der Waals surface area contributed by atoms with Gasteiger partial charge in [0, 0.05) is 24.0 Å². The molecule has 0 aromatic carbocycles. The molecule has 0 atom stereocenters. The number of aromatic amines is 1. The van der Waals surface area contributed by atoms with E-state index in [9.17, 15) is 4.79 Å². The lowest BCUT2D eigenvalue weighted by atomic mass is 10.1. The monoisotopic (exact) mass is 273 g/mol. The van der Waals surface area contributed by atoms with Crippen LogP contribution in [-0.4, -0.2) is 27.6 Å². The summed E-state index contributed by atoms with van der Waals surface area (Å²) in [7, 11) is 0. The average molecular weight is 273 g/mol. The smallest absolute Gasteiger partial charge is 0.255 e. The van der Waals surface area contributed by atoms with E-state index in [1.807, 2.05) is 13.0 Å². The maximum Gasteiger partial charge on any atom is 0.255 e. The van der Waals surface area contributed by atoms with Gasteiger partial charge in [0.15, 0.2) is 0 Å². The average Bonchev–Trinajstić information content (AvgIpc) is 2.92. The molecular formula is C14H19N5O. The van der Waals surface area contributed by atoms with Crippen molar-refractivity contribution in [2.75, 3.05) is 17.2 Å². The molecule has 0 spiro atoms. The summed E-state index contributed by atoms with van der Waals surface area (Å²) in [6.07, 6.45) is 5.05. The molecule has 0 unspecified atom stereocenters. The van der Waals surface area contributed by atoms with Gasteiger partial charge in [-0.15, -0.1) is 0 Å². The third-order valence-electron chi connectivity index (χ3n) is 2.76. The van der Waals surface area contributed by atoms with E-state index in [-0.39, 0.29) is 5.91 Å². The summed E-state index contributed by atoms with van der Waals surface area (Å²) in [5.74, 6) is 0.570. The van der Waals surface area contributed by atoms with Gasteiger partial charge in [-0.1, -0.05) is 13.3 Å². The number of carbonyl (C=O) groups is 1. The van der Waals surface area contributed by atoms with Gasteiger partial charge in [0.25, 0.3) is 5.91 Å². The highest BCUT2D eigenvalue weighted by atomic mass is 16.1. The van der Waals surface area contributed by atoms with Crippen LogP contribution in [0.15, 0.2) is 24.5 Å². The Bertz CT molecular complexity index is 541. The minimum absolute atomic E-state index is 0.162. The highest BCUT2D eigenvalue weighted by Crippen LogP contribution is 2.14. The number of aryl methyl sites for hydroxylation is 1. The largest absolute Gasteiger partial charge is 0.370 e. The van der Waals surface area contributed by atoms with Crippen molar-refractivity contribution in [3.8, 4) is 0 Å². The highest BCUT2D eigenvalue weighted by Gasteiger charge is 2.10. The van der Waals surface area contributed by atoms with E-state index in [0.717, 1.165) is 30.9 Å². The Balaban J connectivity index is 2.22. The summed E-state index contributed by atoms with van der Waals surface area (Å²) in [4.78, 5) is 16.7. The molecule has 2 rings (SSSR count). The van der Waals surface area contributed by atoms with Crippen LogP contribution in [0.5, 0.6) is 0 Å². The van der Waals surface area contributed by atoms with Crippen molar-refractivity contribution in [1.29, 1.82) is 0 Å².